The highest BCUT2D eigenvalue weighted by atomic mass is 35.5. The van der Waals surface area contributed by atoms with Crippen LogP contribution in [-0.4, -0.2) is 19.3 Å². The number of hydrogen-bond acceptors (Lipinski definition) is 4. The Morgan fingerprint density at radius 2 is 1.91 bits per heavy atom. The van der Waals surface area contributed by atoms with Gasteiger partial charge in [-0.1, -0.05) is 41.9 Å². The summed E-state index contributed by atoms with van der Waals surface area (Å²) >= 11 is 5.97. The predicted octanol–water partition coefficient (Wildman–Crippen LogP) is 1.65. The first-order valence-corrected chi connectivity index (χ1v) is 8.73. The molecule has 0 radical (unpaired) electrons. The zero-order valence-electron chi connectivity index (χ0n) is 12.0. The fourth-order valence-electron chi connectivity index (χ4n) is 2.45. The Bertz CT molecular complexity index is 869. The summed E-state index contributed by atoms with van der Waals surface area (Å²) in [6.07, 6.45) is 0. The van der Waals surface area contributed by atoms with E-state index in [1.807, 2.05) is 30.3 Å². The Hall–Kier alpha value is -1.93. The summed E-state index contributed by atoms with van der Waals surface area (Å²) in [5.41, 5.74) is 4.87. The summed E-state index contributed by atoms with van der Waals surface area (Å²) in [6.45, 7) is 0.710. The van der Waals surface area contributed by atoms with Crippen molar-refractivity contribution in [3.63, 3.8) is 0 Å². The Morgan fingerprint density at radius 3 is 2.57 bits per heavy atom. The molecule has 0 bridgehead atoms. The molecule has 2 aromatic rings. The SMILES string of the molecule is NS(=O)(=O)c1cc2c(cc1Cl)C(=O)N(Cc1ccccc1)NC2. The number of nitrogens with two attached hydrogens (primary N) is 1. The summed E-state index contributed by atoms with van der Waals surface area (Å²) in [6, 6.07) is 12.2. The van der Waals surface area contributed by atoms with Crippen LogP contribution in [0.4, 0.5) is 0 Å². The molecule has 120 valence electrons. The number of carbonyl (C=O) groups excluding carboxylic acids is 1. The fraction of sp³-hybridized carbons (Fsp3) is 0.133. The Morgan fingerprint density at radius 1 is 1.22 bits per heavy atom. The Kier molecular flexibility index (Phi) is 4.11. The molecule has 3 N–H and O–H groups in total. The van der Waals surface area contributed by atoms with Gasteiger partial charge in [-0.2, -0.15) is 0 Å². The van der Waals surface area contributed by atoms with Crippen molar-refractivity contribution in [2.75, 3.05) is 0 Å². The first kappa shape index (κ1) is 15.9. The van der Waals surface area contributed by atoms with Gasteiger partial charge in [0.25, 0.3) is 5.91 Å². The number of fused-ring (bicyclic) bond motifs is 1. The third-order valence-corrected chi connectivity index (χ3v) is 4.96. The van der Waals surface area contributed by atoms with E-state index < -0.39 is 10.0 Å². The van der Waals surface area contributed by atoms with Crippen LogP contribution in [0.3, 0.4) is 0 Å². The average molecular weight is 352 g/mol. The highest BCUT2D eigenvalue weighted by Crippen LogP contribution is 2.28. The number of rotatable bonds is 3. The van der Waals surface area contributed by atoms with Crippen molar-refractivity contribution in [2.45, 2.75) is 18.0 Å². The van der Waals surface area contributed by atoms with Crippen LogP contribution in [0.1, 0.15) is 21.5 Å². The van der Waals surface area contributed by atoms with Crippen molar-refractivity contribution in [1.82, 2.24) is 10.4 Å². The van der Waals surface area contributed by atoms with Gasteiger partial charge in [0.2, 0.25) is 10.0 Å². The van der Waals surface area contributed by atoms with Crippen LogP contribution in [0.25, 0.3) is 0 Å². The largest absolute Gasteiger partial charge is 0.269 e. The van der Waals surface area contributed by atoms with Crippen LogP contribution in [0.15, 0.2) is 47.4 Å². The molecule has 0 fully saturated rings. The van der Waals surface area contributed by atoms with E-state index in [4.69, 9.17) is 16.7 Å². The number of carbonyl (C=O) groups is 1. The van der Waals surface area contributed by atoms with Crippen molar-refractivity contribution in [1.29, 1.82) is 0 Å². The molecule has 0 atom stereocenters. The highest BCUT2D eigenvalue weighted by molar-refractivity contribution is 7.89. The van der Waals surface area contributed by atoms with Gasteiger partial charge < -0.3 is 0 Å². The molecule has 1 amide bonds. The lowest BCUT2D eigenvalue weighted by Gasteiger charge is -2.30. The third-order valence-electron chi connectivity index (χ3n) is 3.58. The second-order valence-corrected chi connectivity index (χ2v) is 7.13. The topological polar surface area (TPSA) is 92.5 Å². The molecule has 3 rings (SSSR count). The van der Waals surface area contributed by atoms with Gasteiger partial charge >= 0.3 is 0 Å². The average Bonchev–Trinajstić information content (AvgIpc) is 2.50. The summed E-state index contributed by atoms with van der Waals surface area (Å²) < 4.78 is 23.0. The molecule has 8 heteroatoms. The summed E-state index contributed by atoms with van der Waals surface area (Å²) in [4.78, 5) is 12.4. The first-order chi connectivity index (χ1) is 10.9. The summed E-state index contributed by atoms with van der Waals surface area (Å²) in [5, 5.41) is 6.55. The van der Waals surface area contributed by atoms with Crippen LogP contribution in [0, 0.1) is 0 Å². The van der Waals surface area contributed by atoms with E-state index in [0.29, 0.717) is 24.2 Å². The van der Waals surface area contributed by atoms with Crippen LogP contribution in [-0.2, 0) is 23.1 Å². The van der Waals surface area contributed by atoms with Gasteiger partial charge in [0, 0.05) is 12.1 Å². The molecule has 1 heterocycles. The van der Waals surface area contributed by atoms with Gasteiger partial charge in [-0.25, -0.2) is 19.0 Å². The minimum absolute atomic E-state index is 0.0545. The quantitative estimate of drug-likeness (QED) is 0.879. The Labute approximate surface area is 138 Å². The lowest BCUT2D eigenvalue weighted by molar-refractivity contribution is 0.0603. The molecule has 0 aromatic heterocycles. The zero-order valence-corrected chi connectivity index (χ0v) is 13.6. The number of benzene rings is 2. The number of halogens is 1. The van der Waals surface area contributed by atoms with E-state index in [2.05, 4.69) is 5.43 Å². The van der Waals surface area contributed by atoms with Crippen LogP contribution >= 0.6 is 11.6 Å². The summed E-state index contributed by atoms with van der Waals surface area (Å²) in [7, 11) is -3.93. The second kappa shape index (κ2) is 5.93. The van der Waals surface area contributed by atoms with E-state index in [1.165, 1.54) is 17.1 Å². The van der Waals surface area contributed by atoms with E-state index in [0.717, 1.165) is 5.56 Å². The number of hydrogen-bond donors (Lipinski definition) is 2. The lowest BCUT2D eigenvalue weighted by atomic mass is 10.0. The molecule has 1 aliphatic heterocycles. The van der Waals surface area contributed by atoms with Gasteiger partial charge in [-0.15, -0.1) is 0 Å². The number of nitrogens with zero attached hydrogens (tertiary/aromatic N) is 1. The number of amides is 1. The van der Waals surface area contributed by atoms with E-state index in [9.17, 15) is 13.2 Å². The number of nitrogens with one attached hydrogen (secondary N) is 1. The van der Waals surface area contributed by atoms with Crippen molar-refractivity contribution < 1.29 is 13.2 Å². The van der Waals surface area contributed by atoms with Gasteiger partial charge in [0.05, 0.1) is 11.6 Å². The normalized spacial score (nSPS) is 14.7. The minimum Gasteiger partial charge on any atom is -0.269 e. The molecular weight excluding hydrogens is 338 g/mol. The van der Waals surface area contributed by atoms with Gasteiger partial charge in [0.1, 0.15) is 4.90 Å². The smallest absolute Gasteiger partial charge is 0.268 e. The Balaban J connectivity index is 1.93. The highest BCUT2D eigenvalue weighted by Gasteiger charge is 2.27. The fourth-order valence-corrected chi connectivity index (χ4v) is 3.57. The monoisotopic (exact) mass is 351 g/mol. The molecule has 0 aliphatic carbocycles. The van der Waals surface area contributed by atoms with Crippen LogP contribution in [0.5, 0.6) is 0 Å². The van der Waals surface area contributed by atoms with Crippen molar-refractivity contribution >= 4 is 27.5 Å². The van der Waals surface area contributed by atoms with Gasteiger partial charge in [0.15, 0.2) is 0 Å². The van der Waals surface area contributed by atoms with E-state index in [-0.39, 0.29) is 15.8 Å². The van der Waals surface area contributed by atoms with Crippen LogP contribution < -0.4 is 10.6 Å². The molecule has 0 spiro atoms. The summed E-state index contributed by atoms with van der Waals surface area (Å²) in [5.74, 6) is -0.266. The molecule has 2 aromatic carbocycles. The van der Waals surface area contributed by atoms with Gasteiger partial charge in [-0.05, 0) is 23.3 Å². The first-order valence-electron chi connectivity index (χ1n) is 6.81. The third kappa shape index (κ3) is 3.23. The predicted molar refractivity (Wildman–Crippen MR) is 86.0 cm³/mol. The molecule has 0 saturated heterocycles. The number of primary sulfonamides is 1. The van der Waals surface area contributed by atoms with Gasteiger partial charge in [-0.3, -0.25) is 9.80 Å². The molecule has 6 nitrogen and oxygen atoms in total. The maximum Gasteiger partial charge on any atom is 0.268 e. The molecular formula is C15H14ClN3O3S. The van der Waals surface area contributed by atoms with E-state index in [1.54, 1.807) is 0 Å². The van der Waals surface area contributed by atoms with Crippen molar-refractivity contribution in [3.8, 4) is 0 Å². The zero-order chi connectivity index (χ0) is 16.6. The standard InChI is InChI=1S/C15H14ClN3O3S/c16-13-7-12-11(6-14(13)23(17,21)22)8-18-19(15(12)20)9-10-4-2-1-3-5-10/h1-7,18H,8-9H2,(H2,17,21,22). The second-order valence-electron chi connectivity index (χ2n) is 5.20. The molecule has 23 heavy (non-hydrogen) atoms. The molecule has 0 saturated carbocycles. The maximum atomic E-state index is 12.6. The van der Waals surface area contributed by atoms with Crippen molar-refractivity contribution in [3.05, 3.63) is 64.2 Å². The van der Waals surface area contributed by atoms with Crippen molar-refractivity contribution in [2.24, 2.45) is 5.14 Å². The minimum atomic E-state index is -3.93. The molecule has 1 aliphatic rings. The lowest BCUT2D eigenvalue weighted by Crippen LogP contribution is -2.46. The number of hydrazine groups is 1. The van der Waals surface area contributed by atoms with Crippen LogP contribution in [0.2, 0.25) is 5.02 Å². The van der Waals surface area contributed by atoms with E-state index >= 15 is 0 Å². The molecule has 0 unspecified atom stereocenters. The maximum absolute atomic E-state index is 12.6. The number of sulfonamides is 1.